The average molecular weight is 299 g/mol. The second-order valence-electron chi connectivity index (χ2n) is 4.61. The maximum absolute atomic E-state index is 13.5. The third-order valence-corrected chi connectivity index (χ3v) is 3.08. The highest BCUT2D eigenvalue weighted by Gasteiger charge is 2.14. The van der Waals surface area contributed by atoms with Crippen LogP contribution in [-0.2, 0) is 0 Å². The van der Waals surface area contributed by atoms with Gasteiger partial charge in [0.1, 0.15) is 11.6 Å². The lowest BCUT2D eigenvalue weighted by atomic mass is 10.1. The quantitative estimate of drug-likeness (QED) is 0.776. The number of amides is 1. The lowest BCUT2D eigenvalue weighted by Crippen LogP contribution is -2.14. The lowest BCUT2D eigenvalue weighted by molar-refractivity contribution is 0.102. The van der Waals surface area contributed by atoms with Gasteiger partial charge in [-0.15, -0.1) is 0 Å². The summed E-state index contributed by atoms with van der Waals surface area (Å²) in [5, 5.41) is 9.20. The van der Waals surface area contributed by atoms with Crippen molar-refractivity contribution in [2.75, 3.05) is 5.32 Å². The Hall–Kier alpha value is -3.02. The normalized spacial score (nSPS) is 10.5. The van der Waals surface area contributed by atoms with Gasteiger partial charge in [-0.2, -0.15) is 5.10 Å². The summed E-state index contributed by atoms with van der Waals surface area (Å²) >= 11 is 0. The molecule has 0 unspecified atom stereocenters. The SMILES string of the molecule is O=C(Nc1cc(-c2ccccc2)[nH]n1)c1ccc(F)cc1F. The number of anilines is 1. The highest BCUT2D eigenvalue weighted by Crippen LogP contribution is 2.20. The summed E-state index contributed by atoms with van der Waals surface area (Å²) in [6.07, 6.45) is 0. The van der Waals surface area contributed by atoms with Gasteiger partial charge >= 0.3 is 0 Å². The van der Waals surface area contributed by atoms with Gasteiger partial charge < -0.3 is 5.32 Å². The minimum absolute atomic E-state index is 0.245. The smallest absolute Gasteiger partial charge is 0.259 e. The number of aromatic amines is 1. The number of benzene rings is 2. The second-order valence-corrected chi connectivity index (χ2v) is 4.61. The molecule has 3 aromatic rings. The molecule has 1 aromatic heterocycles. The number of aromatic nitrogens is 2. The van der Waals surface area contributed by atoms with E-state index in [0.29, 0.717) is 6.07 Å². The molecule has 0 spiro atoms. The standard InChI is InChI=1S/C16H11F2N3O/c17-11-6-7-12(13(18)8-11)16(22)19-15-9-14(20-21-15)10-4-2-1-3-5-10/h1-9H,(H2,19,20,21,22). The number of hydrogen-bond donors (Lipinski definition) is 2. The Kier molecular flexibility index (Phi) is 3.65. The van der Waals surface area contributed by atoms with Crippen LogP contribution in [0.3, 0.4) is 0 Å². The van der Waals surface area contributed by atoms with Crippen LogP contribution < -0.4 is 5.32 Å². The van der Waals surface area contributed by atoms with Crippen molar-refractivity contribution in [2.24, 2.45) is 0 Å². The molecule has 22 heavy (non-hydrogen) atoms. The summed E-state index contributed by atoms with van der Waals surface area (Å²) in [5.74, 6) is -2.09. The van der Waals surface area contributed by atoms with E-state index >= 15 is 0 Å². The summed E-state index contributed by atoms with van der Waals surface area (Å²) < 4.78 is 26.4. The first-order valence-electron chi connectivity index (χ1n) is 6.51. The molecule has 110 valence electrons. The van der Waals surface area contributed by atoms with Crippen LogP contribution in [0.5, 0.6) is 0 Å². The minimum Gasteiger partial charge on any atom is -0.305 e. The van der Waals surface area contributed by atoms with E-state index in [2.05, 4.69) is 15.5 Å². The van der Waals surface area contributed by atoms with Gasteiger partial charge in [-0.1, -0.05) is 30.3 Å². The molecule has 2 aromatic carbocycles. The maximum Gasteiger partial charge on any atom is 0.259 e. The number of halogens is 2. The topological polar surface area (TPSA) is 57.8 Å². The van der Waals surface area contributed by atoms with Crippen LogP contribution in [0, 0.1) is 11.6 Å². The minimum atomic E-state index is -0.920. The van der Waals surface area contributed by atoms with E-state index in [0.717, 1.165) is 23.4 Å². The second kappa shape index (κ2) is 5.77. The number of nitrogens with zero attached hydrogens (tertiary/aromatic N) is 1. The number of carbonyl (C=O) groups excluding carboxylic acids is 1. The molecule has 0 aliphatic heterocycles. The third-order valence-electron chi connectivity index (χ3n) is 3.08. The Bertz CT molecular complexity index is 815. The van der Waals surface area contributed by atoms with Gasteiger partial charge in [0.15, 0.2) is 5.82 Å². The van der Waals surface area contributed by atoms with Gasteiger partial charge in [-0.3, -0.25) is 9.89 Å². The monoisotopic (exact) mass is 299 g/mol. The fourth-order valence-electron chi connectivity index (χ4n) is 2.01. The van der Waals surface area contributed by atoms with Gasteiger partial charge in [0.25, 0.3) is 5.91 Å². The summed E-state index contributed by atoms with van der Waals surface area (Å²) in [5.41, 5.74) is 1.38. The van der Waals surface area contributed by atoms with E-state index in [4.69, 9.17) is 0 Å². The van der Waals surface area contributed by atoms with Gasteiger partial charge in [0, 0.05) is 12.1 Å². The Labute approximate surface area is 124 Å². The van der Waals surface area contributed by atoms with Crippen LogP contribution in [0.4, 0.5) is 14.6 Å². The van der Waals surface area contributed by atoms with E-state index < -0.39 is 17.5 Å². The van der Waals surface area contributed by atoms with Crippen molar-refractivity contribution in [3.05, 3.63) is 71.8 Å². The zero-order valence-electron chi connectivity index (χ0n) is 11.3. The molecule has 0 aliphatic rings. The van der Waals surface area contributed by atoms with Crippen molar-refractivity contribution < 1.29 is 13.6 Å². The average Bonchev–Trinajstić information content (AvgIpc) is 2.96. The molecule has 0 fully saturated rings. The fourth-order valence-corrected chi connectivity index (χ4v) is 2.01. The molecular formula is C16H11F2N3O. The predicted octanol–water partition coefficient (Wildman–Crippen LogP) is 3.61. The number of H-pyrrole nitrogens is 1. The van der Waals surface area contributed by atoms with E-state index in [1.165, 1.54) is 0 Å². The van der Waals surface area contributed by atoms with E-state index in [1.54, 1.807) is 6.07 Å². The van der Waals surface area contributed by atoms with Gasteiger partial charge in [-0.05, 0) is 17.7 Å². The van der Waals surface area contributed by atoms with Crippen molar-refractivity contribution in [1.29, 1.82) is 0 Å². The first-order chi connectivity index (χ1) is 10.6. The maximum atomic E-state index is 13.5. The number of hydrogen-bond acceptors (Lipinski definition) is 2. The Balaban J connectivity index is 1.79. The van der Waals surface area contributed by atoms with Crippen molar-refractivity contribution in [3.63, 3.8) is 0 Å². The molecule has 0 atom stereocenters. The first kappa shape index (κ1) is 13.9. The molecule has 6 heteroatoms. The molecule has 1 amide bonds. The molecule has 1 heterocycles. The Morgan fingerprint density at radius 3 is 2.55 bits per heavy atom. The van der Waals surface area contributed by atoms with Crippen LogP contribution in [-0.4, -0.2) is 16.1 Å². The predicted molar refractivity (Wildman–Crippen MR) is 78.3 cm³/mol. The summed E-state index contributed by atoms with van der Waals surface area (Å²) in [6.45, 7) is 0. The molecule has 2 N–H and O–H groups in total. The van der Waals surface area contributed by atoms with Crippen LogP contribution in [0.25, 0.3) is 11.3 Å². The molecular weight excluding hydrogens is 288 g/mol. The highest BCUT2D eigenvalue weighted by molar-refractivity contribution is 6.04. The fraction of sp³-hybridized carbons (Fsp3) is 0. The summed E-state index contributed by atoms with van der Waals surface area (Å²) in [7, 11) is 0. The van der Waals surface area contributed by atoms with Crippen LogP contribution in [0.15, 0.2) is 54.6 Å². The van der Waals surface area contributed by atoms with E-state index in [1.807, 2.05) is 30.3 Å². The van der Waals surface area contributed by atoms with Gasteiger partial charge in [0.2, 0.25) is 0 Å². The Morgan fingerprint density at radius 2 is 1.82 bits per heavy atom. The third kappa shape index (κ3) is 2.85. The molecule has 0 radical (unpaired) electrons. The zero-order valence-corrected chi connectivity index (χ0v) is 11.3. The molecule has 3 rings (SSSR count). The molecule has 0 saturated heterocycles. The molecule has 0 saturated carbocycles. The number of nitrogens with one attached hydrogen (secondary N) is 2. The van der Waals surface area contributed by atoms with Crippen molar-refractivity contribution in [3.8, 4) is 11.3 Å². The zero-order chi connectivity index (χ0) is 15.5. The summed E-state index contributed by atoms with van der Waals surface area (Å²) in [6, 6.07) is 13.8. The number of rotatable bonds is 3. The number of carbonyl (C=O) groups is 1. The molecule has 0 bridgehead atoms. The lowest BCUT2D eigenvalue weighted by Gasteiger charge is -2.03. The van der Waals surface area contributed by atoms with E-state index in [9.17, 15) is 13.6 Å². The van der Waals surface area contributed by atoms with Gasteiger partial charge in [-0.25, -0.2) is 8.78 Å². The summed E-state index contributed by atoms with van der Waals surface area (Å²) in [4.78, 5) is 12.0. The largest absolute Gasteiger partial charge is 0.305 e. The highest BCUT2D eigenvalue weighted by atomic mass is 19.1. The van der Waals surface area contributed by atoms with Crippen LogP contribution in [0.2, 0.25) is 0 Å². The Morgan fingerprint density at radius 1 is 1.05 bits per heavy atom. The molecule has 0 aliphatic carbocycles. The molecule has 4 nitrogen and oxygen atoms in total. The van der Waals surface area contributed by atoms with Crippen LogP contribution >= 0.6 is 0 Å². The van der Waals surface area contributed by atoms with Gasteiger partial charge in [0.05, 0.1) is 11.3 Å². The van der Waals surface area contributed by atoms with Crippen molar-refractivity contribution >= 4 is 11.7 Å². The van der Waals surface area contributed by atoms with Crippen LogP contribution in [0.1, 0.15) is 10.4 Å². The first-order valence-corrected chi connectivity index (χ1v) is 6.51. The van der Waals surface area contributed by atoms with E-state index in [-0.39, 0.29) is 11.4 Å². The van der Waals surface area contributed by atoms with Crippen molar-refractivity contribution in [1.82, 2.24) is 10.2 Å². The van der Waals surface area contributed by atoms with Crippen molar-refractivity contribution in [2.45, 2.75) is 0 Å².